The molecule has 0 N–H and O–H groups in total. The molecule has 3 heterocycles. The van der Waals surface area contributed by atoms with E-state index in [0.29, 0.717) is 0 Å². The molecule has 0 bridgehead atoms. The van der Waals surface area contributed by atoms with Crippen LogP contribution in [0.2, 0.25) is 0 Å². The van der Waals surface area contributed by atoms with Gasteiger partial charge in [0.05, 0.1) is 11.4 Å². The Morgan fingerprint density at radius 2 is 0.700 bits per heavy atom. The van der Waals surface area contributed by atoms with Crippen molar-refractivity contribution in [3.8, 4) is 39.3 Å². The number of hydrogen-bond acceptors (Lipinski definition) is 6. The molecule has 9 heteroatoms. The smallest absolute Gasteiger partial charge is 0.239 e. The van der Waals surface area contributed by atoms with E-state index in [0.717, 1.165) is 123 Å². The quantitative estimate of drug-likeness (QED) is 0.112. The lowest BCUT2D eigenvalue weighted by Gasteiger charge is -2.19. The molecule has 0 amide bonds. The Kier molecular flexibility index (Phi) is 10.2. The van der Waals surface area contributed by atoms with Gasteiger partial charge in [0.1, 0.15) is 33.1 Å². The largest absolute Gasteiger partial charge is 0.377 e. The molecule has 0 saturated carbocycles. The zero-order valence-electron chi connectivity index (χ0n) is 40.4. The van der Waals surface area contributed by atoms with Crippen LogP contribution in [0.15, 0.2) is 188 Å². The zero-order valence-corrected chi connectivity index (χ0v) is 40.4. The van der Waals surface area contributed by atoms with E-state index in [1.54, 1.807) is 0 Å². The number of anilines is 3. The SMILES string of the molecule is Cc1ccc2c(c1)nc1cc(-c3ccc4nc5cc(-c6ccc7nc8ccc(N(C)C)cc8[n+](-c8ccccc8)c7c6)c(N(C)C)cc5[n+](-c5ccccc5)c4c3)c(N(C)C)cc1[n+]2-c1ccccc1. The Balaban J connectivity index is 1.08. The summed E-state index contributed by atoms with van der Waals surface area (Å²) in [5, 5.41) is 0. The standard InChI is InChI=1S/C61H52N9/c1-39-23-30-54-51(31-39)64-53-36-47(55(66(4)5)37-60(53)68(54)42-17-11-8-12-18-42)41-25-28-49-58(33-41)70(44-21-15-10-16-22-44)61-38-56(67(6)7)46(35-52(61)63-49)40-24-27-48-57(32-40)69(43-19-13-9-14-20-43)59-34-45(65(2)3)26-29-50(59)62-48/h8-38H,1-7H3/q+3. The van der Waals surface area contributed by atoms with Crippen molar-refractivity contribution in [1.29, 1.82) is 0 Å². The first-order valence-corrected chi connectivity index (χ1v) is 23.7. The van der Waals surface area contributed by atoms with E-state index in [-0.39, 0.29) is 0 Å². The number of para-hydroxylation sites is 3. The molecule has 0 atom stereocenters. The fourth-order valence-corrected chi connectivity index (χ4v) is 10.1. The molecule has 0 unspecified atom stereocenters. The van der Waals surface area contributed by atoms with E-state index in [1.807, 2.05) is 0 Å². The van der Waals surface area contributed by atoms with Crippen molar-refractivity contribution in [3.63, 3.8) is 0 Å². The van der Waals surface area contributed by atoms with Gasteiger partial charge in [0, 0.05) is 132 Å². The Labute approximate surface area is 407 Å². The summed E-state index contributed by atoms with van der Waals surface area (Å²) in [5.74, 6) is 0. The fraction of sp³-hybridized carbons (Fsp3) is 0.115. The average molecular weight is 911 g/mol. The minimum atomic E-state index is 0.893. The summed E-state index contributed by atoms with van der Waals surface area (Å²) in [6.45, 7) is 2.12. The summed E-state index contributed by atoms with van der Waals surface area (Å²) >= 11 is 0. The van der Waals surface area contributed by atoms with Crippen molar-refractivity contribution in [1.82, 2.24) is 15.0 Å². The molecule has 0 aliphatic carbocycles. The molecule has 0 saturated heterocycles. The van der Waals surface area contributed by atoms with Crippen molar-refractivity contribution in [2.45, 2.75) is 6.92 Å². The molecular formula is C61H52N9+3. The Hall–Kier alpha value is -8.82. The van der Waals surface area contributed by atoms with Gasteiger partial charge in [-0.25, -0.2) is 15.0 Å². The molecule has 0 aliphatic rings. The van der Waals surface area contributed by atoms with Crippen molar-refractivity contribution in [2.24, 2.45) is 0 Å². The summed E-state index contributed by atoms with van der Waals surface area (Å²) in [6, 6.07) is 67.3. The Morgan fingerprint density at radius 1 is 0.314 bits per heavy atom. The van der Waals surface area contributed by atoms with E-state index >= 15 is 0 Å². The van der Waals surface area contributed by atoms with Crippen LogP contribution in [-0.2, 0) is 0 Å². The topological polar surface area (TPSA) is 60.0 Å². The third-order valence-corrected chi connectivity index (χ3v) is 13.5. The van der Waals surface area contributed by atoms with Crippen LogP contribution in [0, 0.1) is 6.92 Å². The molecule has 3 aromatic heterocycles. The predicted molar refractivity (Wildman–Crippen MR) is 288 cm³/mol. The fourth-order valence-electron chi connectivity index (χ4n) is 10.1. The first kappa shape index (κ1) is 42.5. The molecule has 12 rings (SSSR count). The molecule has 9 aromatic carbocycles. The van der Waals surface area contributed by atoms with Gasteiger partial charge in [0.25, 0.3) is 0 Å². The molecule has 70 heavy (non-hydrogen) atoms. The van der Waals surface area contributed by atoms with Crippen LogP contribution in [0.3, 0.4) is 0 Å². The van der Waals surface area contributed by atoms with E-state index in [4.69, 9.17) is 15.0 Å². The van der Waals surface area contributed by atoms with Crippen molar-refractivity contribution in [2.75, 3.05) is 57.0 Å². The molecule has 9 nitrogen and oxygen atoms in total. The number of hydrogen-bond donors (Lipinski definition) is 0. The van der Waals surface area contributed by atoms with E-state index in [9.17, 15) is 0 Å². The van der Waals surface area contributed by atoms with E-state index in [1.165, 1.54) is 5.56 Å². The third-order valence-electron chi connectivity index (χ3n) is 13.5. The van der Waals surface area contributed by atoms with Gasteiger partial charge in [-0.15, -0.1) is 13.7 Å². The minimum Gasteiger partial charge on any atom is -0.377 e. The average Bonchev–Trinajstić information content (AvgIpc) is 3.38. The second-order valence-electron chi connectivity index (χ2n) is 18.8. The summed E-state index contributed by atoms with van der Waals surface area (Å²) in [5.41, 5.74) is 23.7. The van der Waals surface area contributed by atoms with Crippen molar-refractivity contribution in [3.05, 3.63) is 194 Å². The van der Waals surface area contributed by atoms with Crippen LogP contribution in [0.5, 0.6) is 0 Å². The minimum absolute atomic E-state index is 0.893. The number of rotatable bonds is 8. The molecule has 0 aliphatic heterocycles. The van der Waals surface area contributed by atoms with Crippen LogP contribution < -0.4 is 28.4 Å². The summed E-state index contributed by atoms with van der Waals surface area (Å²) < 4.78 is 7.05. The molecule has 0 spiro atoms. The number of aryl methyl sites for hydroxylation is 1. The molecule has 0 fully saturated rings. The van der Waals surface area contributed by atoms with E-state index in [2.05, 4.69) is 266 Å². The first-order chi connectivity index (χ1) is 34.1. The zero-order chi connectivity index (χ0) is 47.8. The summed E-state index contributed by atoms with van der Waals surface area (Å²) in [6.07, 6.45) is 0. The lowest BCUT2D eigenvalue weighted by molar-refractivity contribution is -0.538. The highest BCUT2D eigenvalue weighted by molar-refractivity contribution is 5.97. The van der Waals surface area contributed by atoms with Gasteiger partial charge in [0.2, 0.25) is 50.2 Å². The highest BCUT2D eigenvalue weighted by Crippen LogP contribution is 2.38. The van der Waals surface area contributed by atoms with Gasteiger partial charge in [-0.2, -0.15) is 0 Å². The maximum absolute atomic E-state index is 5.49. The maximum Gasteiger partial charge on any atom is 0.239 e. The lowest BCUT2D eigenvalue weighted by Crippen LogP contribution is -2.34. The highest BCUT2D eigenvalue weighted by Gasteiger charge is 2.28. The van der Waals surface area contributed by atoms with Crippen LogP contribution in [0.4, 0.5) is 17.1 Å². The number of benzene rings is 9. The van der Waals surface area contributed by atoms with Crippen molar-refractivity contribution < 1.29 is 13.7 Å². The molecule has 12 aromatic rings. The van der Waals surface area contributed by atoms with Crippen LogP contribution in [0.1, 0.15) is 5.56 Å². The third kappa shape index (κ3) is 7.17. The van der Waals surface area contributed by atoms with Gasteiger partial charge in [0.15, 0.2) is 0 Å². The summed E-state index contributed by atoms with van der Waals surface area (Å²) in [7, 11) is 12.6. The van der Waals surface area contributed by atoms with Crippen molar-refractivity contribution >= 4 is 83.3 Å². The second-order valence-corrected chi connectivity index (χ2v) is 18.8. The van der Waals surface area contributed by atoms with Gasteiger partial charge < -0.3 is 14.7 Å². The predicted octanol–water partition coefficient (Wildman–Crippen LogP) is 11.5. The Bertz CT molecular complexity index is 4040. The van der Waals surface area contributed by atoms with Gasteiger partial charge in [-0.1, -0.05) is 72.8 Å². The molecule has 0 radical (unpaired) electrons. The molecule has 338 valence electrons. The number of nitrogens with zero attached hydrogens (tertiary/aromatic N) is 9. The monoisotopic (exact) mass is 910 g/mol. The van der Waals surface area contributed by atoms with Gasteiger partial charge >= 0.3 is 0 Å². The first-order valence-electron chi connectivity index (χ1n) is 23.7. The van der Waals surface area contributed by atoms with Crippen LogP contribution >= 0.6 is 0 Å². The second kappa shape index (κ2) is 16.7. The normalized spacial score (nSPS) is 11.6. The summed E-state index contributed by atoms with van der Waals surface area (Å²) in [4.78, 5) is 22.6. The lowest BCUT2D eigenvalue weighted by atomic mass is 9.99. The number of aromatic nitrogens is 6. The highest BCUT2D eigenvalue weighted by atomic mass is 15.1. The van der Waals surface area contributed by atoms with E-state index < -0.39 is 0 Å². The molecular weight excluding hydrogens is 859 g/mol. The maximum atomic E-state index is 5.49. The van der Waals surface area contributed by atoms with Gasteiger partial charge in [-0.3, -0.25) is 0 Å². The van der Waals surface area contributed by atoms with Crippen LogP contribution in [-0.4, -0.2) is 57.2 Å². The number of fused-ring (bicyclic) bond motifs is 6. The van der Waals surface area contributed by atoms with Crippen LogP contribution in [0.25, 0.3) is 106 Å². The van der Waals surface area contributed by atoms with Gasteiger partial charge in [-0.05, 0) is 66.1 Å². The Morgan fingerprint density at radius 3 is 1.16 bits per heavy atom.